The number of hydrogen-bond acceptors (Lipinski definition) is 0. The molecule has 0 nitrogen and oxygen atoms in total. The molecule has 2 aliphatic carbocycles. The normalized spacial score (nSPS) is 15.1. The van der Waals surface area contributed by atoms with E-state index in [2.05, 4.69) is 196 Å². The van der Waals surface area contributed by atoms with Crippen molar-refractivity contribution >= 4 is 12.2 Å². The fourth-order valence-electron chi connectivity index (χ4n) is 9.36. The lowest BCUT2D eigenvalue weighted by Crippen LogP contribution is -2.30. The molecule has 0 fully saturated rings. The first-order chi connectivity index (χ1) is 25.4. The number of fused-ring (bicyclic) bond motifs is 2. The topological polar surface area (TPSA) is 0 Å². The lowest BCUT2D eigenvalue weighted by Gasteiger charge is -2.40. The van der Waals surface area contributed by atoms with Crippen molar-refractivity contribution in [1.29, 1.82) is 0 Å². The Morgan fingerprint density at radius 2 is 0.745 bits per heavy atom. The van der Waals surface area contributed by atoms with E-state index in [1.54, 1.807) is 11.1 Å². The molecule has 0 N–H and O–H groups in total. The molecule has 4 aromatic carbocycles. The van der Waals surface area contributed by atoms with Crippen molar-refractivity contribution in [3.63, 3.8) is 0 Å². The Kier molecular flexibility index (Phi) is 10.7. The van der Waals surface area contributed by atoms with Crippen molar-refractivity contribution in [3.05, 3.63) is 128 Å². The second-order valence-corrected chi connectivity index (χ2v) is 22.3. The van der Waals surface area contributed by atoms with E-state index in [0.717, 1.165) is 25.7 Å². The number of allylic oxidation sites excluding steroid dienone is 2. The van der Waals surface area contributed by atoms with E-state index in [-0.39, 0.29) is 27.1 Å². The fraction of sp³-hybridized carbons (Fsp3) is 0.491. The first-order valence-corrected chi connectivity index (χ1v) is 21.4. The van der Waals surface area contributed by atoms with Gasteiger partial charge in [0.05, 0.1) is 0 Å². The Morgan fingerprint density at radius 3 is 1.02 bits per heavy atom. The Balaban J connectivity index is 1.53. The Labute approximate surface area is 337 Å². The second-order valence-electron chi connectivity index (χ2n) is 22.3. The van der Waals surface area contributed by atoms with Crippen LogP contribution in [0, 0.1) is 17.3 Å². The van der Waals surface area contributed by atoms with Gasteiger partial charge < -0.3 is 0 Å². The third-order valence-corrected chi connectivity index (χ3v) is 12.5. The van der Waals surface area contributed by atoms with Gasteiger partial charge in [-0.25, -0.2) is 0 Å². The maximum atomic E-state index is 2.66. The zero-order valence-corrected chi connectivity index (χ0v) is 37.6. The van der Waals surface area contributed by atoms with Crippen molar-refractivity contribution in [2.24, 2.45) is 17.3 Å². The molecule has 55 heavy (non-hydrogen) atoms. The van der Waals surface area contributed by atoms with E-state index in [4.69, 9.17) is 0 Å². The molecular formula is C55H72. The largest absolute Gasteiger partial charge is 0.0627 e. The molecule has 292 valence electrons. The van der Waals surface area contributed by atoms with E-state index in [9.17, 15) is 0 Å². The summed E-state index contributed by atoms with van der Waals surface area (Å²) in [5.74, 6) is 1.14. The van der Waals surface area contributed by atoms with Crippen LogP contribution in [0.15, 0.2) is 83.9 Å². The van der Waals surface area contributed by atoms with Gasteiger partial charge in [-0.2, -0.15) is 0 Å². The molecule has 0 saturated carbocycles. The highest BCUT2D eigenvalue weighted by Crippen LogP contribution is 2.55. The minimum Gasteiger partial charge on any atom is -0.0627 e. The zero-order valence-electron chi connectivity index (χ0n) is 37.6. The third kappa shape index (κ3) is 8.41. The fourth-order valence-corrected chi connectivity index (χ4v) is 9.36. The Morgan fingerprint density at radius 1 is 0.436 bits per heavy atom. The average Bonchev–Trinajstić information content (AvgIpc) is 3.71. The standard InChI is InChI=1S/C55H72/c1-35(2)33-55(34-36(3)4,45-23-37-19-17-21-47(49(37)31-45)39-25-41(51(5,6)7)29-42(26-39)52(8,9)10)46-24-38-20-18-22-48(50(38)32-46)40-27-43(53(11,12)13)30-44(28-40)54(14,15)16/h17-22,25-32,35-36H,23-24,33-34H2,1-16H3. The molecule has 0 amide bonds. The van der Waals surface area contributed by atoms with Crippen LogP contribution in [0.25, 0.3) is 34.4 Å². The van der Waals surface area contributed by atoms with Crippen LogP contribution in [0.5, 0.6) is 0 Å². The zero-order chi connectivity index (χ0) is 40.5. The molecule has 0 spiro atoms. The molecule has 0 heterocycles. The van der Waals surface area contributed by atoms with Gasteiger partial charge in [0.25, 0.3) is 0 Å². The number of rotatable bonds is 8. The molecule has 4 aromatic rings. The van der Waals surface area contributed by atoms with E-state index in [1.807, 2.05) is 0 Å². The van der Waals surface area contributed by atoms with Crippen LogP contribution < -0.4 is 0 Å². The average molecular weight is 733 g/mol. The molecule has 0 unspecified atom stereocenters. The van der Waals surface area contributed by atoms with Crippen molar-refractivity contribution in [3.8, 4) is 22.3 Å². The lowest BCUT2D eigenvalue weighted by molar-refractivity contribution is 0.273. The van der Waals surface area contributed by atoms with Crippen molar-refractivity contribution in [2.45, 2.75) is 158 Å². The Bertz CT molecular complexity index is 1910. The predicted octanol–water partition coefficient (Wildman–Crippen LogP) is 15.9. The van der Waals surface area contributed by atoms with Crippen molar-refractivity contribution < 1.29 is 0 Å². The van der Waals surface area contributed by atoms with Crippen LogP contribution in [-0.2, 0) is 34.5 Å². The highest BCUT2D eigenvalue weighted by atomic mass is 14.5. The summed E-state index contributed by atoms with van der Waals surface area (Å²) in [4.78, 5) is 0. The van der Waals surface area contributed by atoms with E-state index in [1.165, 1.54) is 66.8 Å². The molecule has 0 radical (unpaired) electrons. The van der Waals surface area contributed by atoms with Crippen LogP contribution in [-0.4, -0.2) is 0 Å². The van der Waals surface area contributed by atoms with Gasteiger partial charge in [-0.3, -0.25) is 0 Å². The van der Waals surface area contributed by atoms with E-state index < -0.39 is 0 Å². The van der Waals surface area contributed by atoms with Crippen molar-refractivity contribution in [1.82, 2.24) is 0 Å². The van der Waals surface area contributed by atoms with Crippen molar-refractivity contribution in [2.75, 3.05) is 0 Å². The summed E-state index contributed by atoms with van der Waals surface area (Å²) in [5, 5.41) is 0. The molecule has 0 bridgehead atoms. The SMILES string of the molecule is CC(C)CC(CC(C)C)(C1=Cc2c(cccc2-c2cc(C(C)(C)C)cc(C(C)(C)C)c2)C1)C1=Cc2c(cccc2-c2cc(C(C)(C)C)cc(C(C)(C)C)c2)C1. The molecule has 6 rings (SSSR count). The molecule has 2 aliphatic rings. The minimum atomic E-state index is -0.0113. The second kappa shape index (κ2) is 14.4. The van der Waals surface area contributed by atoms with Gasteiger partial charge in [-0.1, -0.05) is 207 Å². The summed E-state index contributed by atoms with van der Waals surface area (Å²) < 4.78 is 0. The maximum absolute atomic E-state index is 2.66. The lowest BCUT2D eigenvalue weighted by atomic mass is 9.63. The minimum absolute atomic E-state index is 0.0113. The highest BCUT2D eigenvalue weighted by Gasteiger charge is 2.43. The first-order valence-electron chi connectivity index (χ1n) is 21.4. The van der Waals surface area contributed by atoms with Crippen LogP contribution in [0.2, 0.25) is 0 Å². The van der Waals surface area contributed by atoms with E-state index >= 15 is 0 Å². The number of hydrogen-bond donors (Lipinski definition) is 0. The monoisotopic (exact) mass is 733 g/mol. The molecular weight excluding hydrogens is 661 g/mol. The first kappa shape index (κ1) is 41.0. The smallest absolute Gasteiger partial charge is 0.0139 e. The van der Waals surface area contributed by atoms with Crippen LogP contribution in [0.1, 0.15) is 168 Å². The molecule has 0 heteroatoms. The number of benzene rings is 4. The summed E-state index contributed by atoms with van der Waals surface area (Å²) in [6.45, 7) is 37.9. The van der Waals surface area contributed by atoms with Crippen LogP contribution in [0.3, 0.4) is 0 Å². The van der Waals surface area contributed by atoms with Gasteiger partial charge in [-0.15, -0.1) is 0 Å². The summed E-state index contributed by atoms with van der Waals surface area (Å²) in [6, 6.07) is 29.0. The van der Waals surface area contributed by atoms with Gasteiger partial charge >= 0.3 is 0 Å². The van der Waals surface area contributed by atoms with Gasteiger partial charge in [-0.05, 0) is 126 Å². The van der Waals surface area contributed by atoms with Crippen LogP contribution in [0.4, 0.5) is 0 Å². The molecule has 0 aromatic heterocycles. The van der Waals surface area contributed by atoms with E-state index in [0.29, 0.717) is 11.8 Å². The quantitative estimate of drug-likeness (QED) is 0.169. The van der Waals surface area contributed by atoms with Gasteiger partial charge in [0, 0.05) is 5.41 Å². The molecule has 0 saturated heterocycles. The molecule has 0 aliphatic heterocycles. The summed E-state index contributed by atoms with van der Waals surface area (Å²) >= 11 is 0. The maximum Gasteiger partial charge on any atom is 0.0139 e. The summed E-state index contributed by atoms with van der Waals surface area (Å²) in [7, 11) is 0. The van der Waals surface area contributed by atoms with Gasteiger partial charge in [0.2, 0.25) is 0 Å². The summed E-state index contributed by atoms with van der Waals surface area (Å²) in [6.07, 6.45) is 9.69. The van der Waals surface area contributed by atoms with Crippen LogP contribution >= 0.6 is 0 Å². The highest BCUT2D eigenvalue weighted by molar-refractivity contribution is 5.85. The van der Waals surface area contributed by atoms with Gasteiger partial charge in [0.15, 0.2) is 0 Å². The molecule has 0 atom stereocenters. The van der Waals surface area contributed by atoms with Gasteiger partial charge in [0.1, 0.15) is 0 Å². The third-order valence-electron chi connectivity index (χ3n) is 12.5. The summed E-state index contributed by atoms with van der Waals surface area (Å²) in [5.41, 5.74) is 20.5. The predicted molar refractivity (Wildman–Crippen MR) is 243 cm³/mol. The Hall–Kier alpha value is -3.64.